The number of amides is 1. The molecule has 0 aliphatic heterocycles. The van der Waals surface area contributed by atoms with Gasteiger partial charge in [-0.2, -0.15) is 0 Å². The molecule has 0 radical (unpaired) electrons. The quantitative estimate of drug-likeness (QED) is 0.920. The summed E-state index contributed by atoms with van der Waals surface area (Å²) >= 11 is 0. The molecule has 0 saturated heterocycles. The predicted molar refractivity (Wildman–Crippen MR) is 83.6 cm³/mol. The van der Waals surface area contributed by atoms with Crippen molar-refractivity contribution in [1.29, 1.82) is 0 Å². The van der Waals surface area contributed by atoms with Crippen molar-refractivity contribution in [3.05, 3.63) is 53.7 Å². The van der Waals surface area contributed by atoms with E-state index >= 15 is 0 Å². The number of carbonyl (C=O) groups is 2. The number of hydrogen-bond acceptors (Lipinski definition) is 3. The van der Waals surface area contributed by atoms with Crippen molar-refractivity contribution in [3.8, 4) is 11.3 Å². The maximum absolute atomic E-state index is 11.9. The van der Waals surface area contributed by atoms with E-state index in [0.29, 0.717) is 12.1 Å². The third kappa shape index (κ3) is 3.91. The normalized spacial score (nSPS) is 10.3. The molecule has 0 fully saturated rings. The maximum atomic E-state index is 11.9. The Balaban J connectivity index is 2.19. The molecule has 2 aromatic rings. The summed E-state index contributed by atoms with van der Waals surface area (Å²) in [5.74, 6) is -0.944. The van der Waals surface area contributed by atoms with Crippen LogP contribution in [-0.2, 0) is 11.2 Å². The van der Waals surface area contributed by atoms with E-state index in [1.54, 1.807) is 26.2 Å². The molecule has 0 spiro atoms. The summed E-state index contributed by atoms with van der Waals surface area (Å²) in [6.45, 7) is 0. The van der Waals surface area contributed by atoms with Crippen molar-refractivity contribution in [1.82, 2.24) is 9.88 Å². The van der Waals surface area contributed by atoms with Crippen molar-refractivity contribution in [2.45, 2.75) is 12.8 Å². The molecular weight excluding hydrogens is 280 g/mol. The van der Waals surface area contributed by atoms with Gasteiger partial charge in [0.15, 0.2) is 0 Å². The zero-order valence-corrected chi connectivity index (χ0v) is 12.6. The van der Waals surface area contributed by atoms with Crippen LogP contribution in [0.3, 0.4) is 0 Å². The van der Waals surface area contributed by atoms with Gasteiger partial charge in [-0.05, 0) is 24.1 Å². The van der Waals surface area contributed by atoms with Crippen LogP contribution >= 0.6 is 0 Å². The van der Waals surface area contributed by atoms with Gasteiger partial charge >= 0.3 is 5.97 Å². The predicted octanol–water partition coefficient (Wildman–Crippen LogP) is 2.47. The van der Waals surface area contributed by atoms with Crippen molar-refractivity contribution in [2.75, 3.05) is 14.1 Å². The van der Waals surface area contributed by atoms with Crippen molar-refractivity contribution in [3.63, 3.8) is 0 Å². The Hall–Kier alpha value is -2.69. The fourth-order valence-corrected chi connectivity index (χ4v) is 2.04. The molecule has 1 N–H and O–H groups in total. The number of carbonyl (C=O) groups excluding carboxylic acids is 1. The Morgan fingerprint density at radius 1 is 1.09 bits per heavy atom. The van der Waals surface area contributed by atoms with Crippen LogP contribution in [0.5, 0.6) is 0 Å². The lowest BCUT2D eigenvalue weighted by atomic mass is 10.1. The Morgan fingerprint density at radius 3 is 2.36 bits per heavy atom. The van der Waals surface area contributed by atoms with E-state index in [9.17, 15) is 9.59 Å². The number of benzene rings is 1. The Bertz CT molecular complexity index is 679. The highest BCUT2D eigenvalue weighted by Gasteiger charge is 2.10. The van der Waals surface area contributed by atoms with Crippen LogP contribution in [0.1, 0.15) is 22.5 Å². The van der Waals surface area contributed by atoms with E-state index in [-0.39, 0.29) is 12.3 Å². The van der Waals surface area contributed by atoms with Crippen LogP contribution in [-0.4, -0.2) is 41.0 Å². The molecule has 114 valence electrons. The average molecular weight is 298 g/mol. The smallest absolute Gasteiger partial charge is 0.303 e. The van der Waals surface area contributed by atoms with Gasteiger partial charge in [0.2, 0.25) is 0 Å². The summed E-state index contributed by atoms with van der Waals surface area (Å²) < 4.78 is 0. The second kappa shape index (κ2) is 6.85. The molecule has 0 atom stereocenters. The SMILES string of the molecule is CN(C)C(=O)c1cccc(-c2ccc(CCC(=O)O)cc2)n1. The lowest BCUT2D eigenvalue weighted by Gasteiger charge is -2.10. The van der Waals surface area contributed by atoms with Crippen LogP contribution in [0.25, 0.3) is 11.3 Å². The fourth-order valence-electron chi connectivity index (χ4n) is 2.04. The second-order valence-corrected chi connectivity index (χ2v) is 5.20. The van der Waals surface area contributed by atoms with Gasteiger partial charge in [-0.1, -0.05) is 30.3 Å². The number of hydrogen-bond donors (Lipinski definition) is 1. The van der Waals surface area contributed by atoms with Gasteiger partial charge in [0.1, 0.15) is 5.69 Å². The summed E-state index contributed by atoms with van der Waals surface area (Å²) in [7, 11) is 3.38. The van der Waals surface area contributed by atoms with E-state index in [1.807, 2.05) is 30.3 Å². The van der Waals surface area contributed by atoms with Gasteiger partial charge in [-0.3, -0.25) is 9.59 Å². The van der Waals surface area contributed by atoms with Crippen molar-refractivity contribution in [2.24, 2.45) is 0 Å². The minimum Gasteiger partial charge on any atom is -0.481 e. The van der Waals surface area contributed by atoms with Crippen LogP contribution in [0.2, 0.25) is 0 Å². The number of aromatic nitrogens is 1. The molecule has 5 nitrogen and oxygen atoms in total. The average Bonchev–Trinajstić information content (AvgIpc) is 2.52. The van der Waals surface area contributed by atoms with Crippen LogP contribution in [0.4, 0.5) is 0 Å². The number of aryl methyl sites for hydroxylation is 1. The molecule has 0 bridgehead atoms. The second-order valence-electron chi connectivity index (χ2n) is 5.20. The largest absolute Gasteiger partial charge is 0.481 e. The zero-order valence-electron chi connectivity index (χ0n) is 12.6. The Morgan fingerprint density at radius 2 is 1.77 bits per heavy atom. The zero-order chi connectivity index (χ0) is 16.1. The first-order valence-electron chi connectivity index (χ1n) is 6.97. The Kier molecular flexibility index (Phi) is 4.88. The third-order valence-electron chi connectivity index (χ3n) is 3.25. The molecule has 1 aromatic carbocycles. The molecular formula is C17H18N2O3. The monoisotopic (exact) mass is 298 g/mol. The van der Waals surface area contributed by atoms with E-state index in [4.69, 9.17) is 5.11 Å². The molecule has 0 saturated carbocycles. The number of nitrogens with zero attached hydrogens (tertiary/aromatic N) is 2. The lowest BCUT2D eigenvalue weighted by molar-refractivity contribution is -0.136. The highest BCUT2D eigenvalue weighted by molar-refractivity contribution is 5.92. The van der Waals surface area contributed by atoms with E-state index in [2.05, 4.69) is 4.98 Å². The van der Waals surface area contributed by atoms with Gasteiger partial charge in [0.05, 0.1) is 5.69 Å². The van der Waals surface area contributed by atoms with Crippen LogP contribution in [0, 0.1) is 0 Å². The number of carboxylic acid groups (broad SMARTS) is 1. The van der Waals surface area contributed by atoms with E-state index in [0.717, 1.165) is 16.8 Å². The molecule has 1 amide bonds. The van der Waals surface area contributed by atoms with Crippen molar-refractivity contribution >= 4 is 11.9 Å². The van der Waals surface area contributed by atoms with E-state index in [1.165, 1.54) is 4.90 Å². The summed E-state index contributed by atoms with van der Waals surface area (Å²) in [6, 6.07) is 12.9. The lowest BCUT2D eigenvalue weighted by Crippen LogP contribution is -2.22. The summed E-state index contributed by atoms with van der Waals surface area (Å²) in [5.41, 5.74) is 2.98. The first-order chi connectivity index (χ1) is 10.5. The molecule has 22 heavy (non-hydrogen) atoms. The van der Waals surface area contributed by atoms with Gasteiger partial charge in [-0.15, -0.1) is 0 Å². The number of pyridine rings is 1. The standard InChI is InChI=1S/C17H18N2O3/c1-19(2)17(22)15-5-3-4-14(18-15)13-9-6-12(7-10-13)8-11-16(20)21/h3-7,9-10H,8,11H2,1-2H3,(H,20,21). The Labute approximate surface area is 129 Å². The first kappa shape index (κ1) is 15.7. The topological polar surface area (TPSA) is 70.5 Å². The van der Waals surface area contributed by atoms with Crippen molar-refractivity contribution < 1.29 is 14.7 Å². The van der Waals surface area contributed by atoms with Gasteiger partial charge in [-0.25, -0.2) is 4.98 Å². The molecule has 5 heteroatoms. The number of rotatable bonds is 5. The molecule has 1 heterocycles. The summed E-state index contributed by atoms with van der Waals surface area (Å²) in [4.78, 5) is 28.4. The highest BCUT2D eigenvalue weighted by atomic mass is 16.4. The molecule has 1 aromatic heterocycles. The third-order valence-corrected chi connectivity index (χ3v) is 3.25. The molecule has 0 unspecified atom stereocenters. The van der Waals surface area contributed by atoms with Crippen LogP contribution in [0.15, 0.2) is 42.5 Å². The summed E-state index contributed by atoms with van der Waals surface area (Å²) in [6.07, 6.45) is 0.618. The minimum absolute atomic E-state index is 0.115. The van der Waals surface area contributed by atoms with Gasteiger partial charge in [0, 0.05) is 26.1 Å². The first-order valence-corrected chi connectivity index (χ1v) is 6.97. The summed E-state index contributed by atoms with van der Waals surface area (Å²) in [5, 5.41) is 8.69. The number of carboxylic acids is 1. The van der Waals surface area contributed by atoms with Crippen LogP contribution < -0.4 is 0 Å². The minimum atomic E-state index is -0.805. The fraction of sp³-hybridized carbons (Fsp3) is 0.235. The molecule has 0 aliphatic rings. The van der Waals surface area contributed by atoms with E-state index < -0.39 is 5.97 Å². The highest BCUT2D eigenvalue weighted by Crippen LogP contribution is 2.19. The number of aliphatic carboxylic acids is 1. The van der Waals surface area contributed by atoms with Gasteiger partial charge < -0.3 is 10.0 Å². The van der Waals surface area contributed by atoms with Gasteiger partial charge in [0.25, 0.3) is 5.91 Å². The maximum Gasteiger partial charge on any atom is 0.303 e. The molecule has 0 aliphatic carbocycles. The molecule has 2 rings (SSSR count).